The van der Waals surface area contributed by atoms with Crippen LogP contribution in [0.2, 0.25) is 0 Å². The average Bonchev–Trinajstić information content (AvgIpc) is 2.94. The first-order chi connectivity index (χ1) is 7.84. The predicted octanol–water partition coefficient (Wildman–Crippen LogP) is 0.814. The van der Waals surface area contributed by atoms with Crippen molar-refractivity contribution in [2.45, 2.75) is 50.7 Å². The first kappa shape index (κ1) is 11.9. The number of carbonyl (C=O) groups excluding carboxylic acids is 1. The molecule has 1 saturated heterocycles. The first-order valence-corrected chi connectivity index (χ1v) is 6.46. The molecule has 1 amide bonds. The van der Waals surface area contributed by atoms with Crippen molar-refractivity contribution in [1.29, 1.82) is 0 Å². The molecule has 4 nitrogen and oxygen atoms in total. The molecule has 0 aromatic carbocycles. The Kier molecular flexibility index (Phi) is 4.60. The molecular weight excluding hydrogens is 204 g/mol. The van der Waals surface area contributed by atoms with Crippen molar-refractivity contribution in [2.75, 3.05) is 19.7 Å². The van der Waals surface area contributed by atoms with Crippen molar-refractivity contribution in [2.24, 2.45) is 0 Å². The minimum atomic E-state index is 0.158. The Labute approximate surface area is 97.1 Å². The van der Waals surface area contributed by atoms with Gasteiger partial charge >= 0.3 is 0 Å². The molecule has 2 rings (SSSR count). The van der Waals surface area contributed by atoms with Crippen molar-refractivity contribution in [1.82, 2.24) is 10.6 Å². The molecule has 1 saturated carbocycles. The highest BCUT2D eigenvalue weighted by molar-refractivity contribution is 5.76. The van der Waals surface area contributed by atoms with Crippen LogP contribution in [-0.2, 0) is 9.53 Å². The van der Waals surface area contributed by atoms with E-state index in [-0.39, 0.29) is 5.91 Å². The van der Waals surface area contributed by atoms with Crippen LogP contribution >= 0.6 is 0 Å². The van der Waals surface area contributed by atoms with Gasteiger partial charge in [-0.3, -0.25) is 4.79 Å². The molecule has 1 unspecified atom stereocenters. The molecule has 0 aromatic rings. The topological polar surface area (TPSA) is 50.4 Å². The molecule has 92 valence electrons. The minimum Gasteiger partial charge on any atom is -0.378 e. The van der Waals surface area contributed by atoms with Gasteiger partial charge in [0.2, 0.25) is 5.91 Å². The zero-order valence-electron chi connectivity index (χ0n) is 9.84. The van der Waals surface area contributed by atoms with Gasteiger partial charge in [-0.2, -0.15) is 0 Å². The summed E-state index contributed by atoms with van der Waals surface area (Å²) >= 11 is 0. The molecule has 0 bridgehead atoms. The highest BCUT2D eigenvalue weighted by atomic mass is 16.5. The molecule has 2 N–H and O–H groups in total. The van der Waals surface area contributed by atoms with Gasteiger partial charge in [-0.1, -0.05) is 0 Å². The number of hydrogen-bond acceptors (Lipinski definition) is 3. The number of rotatable bonds is 7. The second-order valence-corrected chi connectivity index (χ2v) is 4.75. The summed E-state index contributed by atoms with van der Waals surface area (Å²) in [5, 5.41) is 6.28. The Balaban J connectivity index is 1.43. The van der Waals surface area contributed by atoms with Crippen LogP contribution in [0.3, 0.4) is 0 Å². The van der Waals surface area contributed by atoms with E-state index in [0.717, 1.165) is 32.5 Å². The van der Waals surface area contributed by atoms with Crippen LogP contribution < -0.4 is 10.6 Å². The lowest BCUT2D eigenvalue weighted by Gasteiger charge is -2.10. The lowest BCUT2D eigenvalue weighted by Crippen LogP contribution is -2.30. The zero-order chi connectivity index (χ0) is 11.2. The molecule has 4 heteroatoms. The number of ether oxygens (including phenoxy) is 1. The summed E-state index contributed by atoms with van der Waals surface area (Å²) < 4.78 is 5.49. The quantitative estimate of drug-likeness (QED) is 0.675. The lowest BCUT2D eigenvalue weighted by molar-refractivity contribution is -0.121. The molecule has 0 aromatic heterocycles. The highest BCUT2D eigenvalue weighted by Crippen LogP contribution is 2.18. The number of amides is 1. The molecule has 2 fully saturated rings. The van der Waals surface area contributed by atoms with E-state index < -0.39 is 0 Å². The molecule has 1 atom stereocenters. The van der Waals surface area contributed by atoms with Gasteiger partial charge in [-0.25, -0.2) is 0 Å². The highest BCUT2D eigenvalue weighted by Gasteiger charge is 2.20. The smallest absolute Gasteiger partial charge is 0.221 e. The molecule has 1 aliphatic carbocycles. The largest absolute Gasteiger partial charge is 0.378 e. The number of carbonyl (C=O) groups is 1. The van der Waals surface area contributed by atoms with Crippen molar-refractivity contribution in [3.05, 3.63) is 0 Å². The van der Waals surface area contributed by atoms with E-state index in [2.05, 4.69) is 10.6 Å². The normalized spacial score (nSPS) is 24.6. The van der Waals surface area contributed by atoms with E-state index in [9.17, 15) is 4.79 Å². The van der Waals surface area contributed by atoms with Gasteiger partial charge in [-0.15, -0.1) is 0 Å². The van der Waals surface area contributed by atoms with Gasteiger partial charge in [0.15, 0.2) is 0 Å². The van der Waals surface area contributed by atoms with E-state index in [1.165, 1.54) is 19.3 Å². The van der Waals surface area contributed by atoms with Crippen molar-refractivity contribution >= 4 is 5.91 Å². The summed E-state index contributed by atoms with van der Waals surface area (Å²) in [5.74, 6) is 0.158. The van der Waals surface area contributed by atoms with Crippen molar-refractivity contribution < 1.29 is 9.53 Å². The molecule has 2 aliphatic rings. The maximum atomic E-state index is 11.4. The SMILES string of the molecule is O=C(CCNC1CC1)NCCC1CCCO1. The predicted molar refractivity (Wildman–Crippen MR) is 62.2 cm³/mol. The van der Waals surface area contributed by atoms with Crippen molar-refractivity contribution in [3.63, 3.8) is 0 Å². The molecule has 16 heavy (non-hydrogen) atoms. The minimum absolute atomic E-state index is 0.158. The second-order valence-electron chi connectivity index (χ2n) is 4.75. The fraction of sp³-hybridized carbons (Fsp3) is 0.917. The van der Waals surface area contributed by atoms with Crippen LogP contribution in [0.5, 0.6) is 0 Å². The molecule has 1 heterocycles. The Morgan fingerprint density at radius 3 is 2.81 bits per heavy atom. The van der Waals surface area contributed by atoms with E-state index in [4.69, 9.17) is 4.74 Å². The third kappa shape index (κ3) is 4.49. The van der Waals surface area contributed by atoms with Crippen LogP contribution in [0.15, 0.2) is 0 Å². The van der Waals surface area contributed by atoms with Gasteiger partial charge in [-0.05, 0) is 32.1 Å². The van der Waals surface area contributed by atoms with Gasteiger partial charge in [0, 0.05) is 32.2 Å². The fourth-order valence-electron chi connectivity index (χ4n) is 2.01. The monoisotopic (exact) mass is 226 g/mol. The molecular formula is C12H22N2O2. The van der Waals surface area contributed by atoms with Gasteiger partial charge in [0.1, 0.15) is 0 Å². The second kappa shape index (κ2) is 6.21. The van der Waals surface area contributed by atoms with E-state index >= 15 is 0 Å². The summed E-state index contributed by atoms with van der Waals surface area (Å²) in [6, 6.07) is 0.694. The van der Waals surface area contributed by atoms with Crippen LogP contribution in [0.25, 0.3) is 0 Å². The standard InChI is InChI=1S/C12H22N2O2/c15-12(6-8-13-10-3-4-10)14-7-5-11-2-1-9-16-11/h10-11,13H,1-9H2,(H,14,15). The van der Waals surface area contributed by atoms with E-state index in [0.29, 0.717) is 18.6 Å². The molecule has 1 aliphatic heterocycles. The van der Waals surface area contributed by atoms with Crippen LogP contribution in [0.1, 0.15) is 38.5 Å². The number of hydrogen-bond donors (Lipinski definition) is 2. The van der Waals surface area contributed by atoms with Crippen LogP contribution in [0, 0.1) is 0 Å². The first-order valence-electron chi connectivity index (χ1n) is 6.46. The lowest BCUT2D eigenvalue weighted by atomic mass is 10.2. The Hall–Kier alpha value is -0.610. The van der Waals surface area contributed by atoms with Crippen LogP contribution in [-0.4, -0.2) is 37.7 Å². The summed E-state index contributed by atoms with van der Waals surface area (Å²) in [4.78, 5) is 11.4. The summed E-state index contributed by atoms with van der Waals surface area (Å²) in [6.07, 6.45) is 6.82. The summed E-state index contributed by atoms with van der Waals surface area (Å²) in [7, 11) is 0. The van der Waals surface area contributed by atoms with Gasteiger partial charge in [0.25, 0.3) is 0 Å². The maximum Gasteiger partial charge on any atom is 0.221 e. The van der Waals surface area contributed by atoms with Gasteiger partial charge in [0.05, 0.1) is 6.10 Å². The van der Waals surface area contributed by atoms with Crippen molar-refractivity contribution in [3.8, 4) is 0 Å². The molecule has 0 spiro atoms. The van der Waals surface area contributed by atoms with Gasteiger partial charge < -0.3 is 15.4 Å². The summed E-state index contributed by atoms with van der Waals surface area (Å²) in [6.45, 7) is 2.47. The van der Waals surface area contributed by atoms with Crippen LogP contribution in [0.4, 0.5) is 0 Å². The van der Waals surface area contributed by atoms with E-state index in [1.807, 2.05) is 0 Å². The average molecular weight is 226 g/mol. The third-order valence-electron chi connectivity index (χ3n) is 3.17. The Morgan fingerprint density at radius 2 is 2.12 bits per heavy atom. The Bertz CT molecular complexity index is 223. The van der Waals surface area contributed by atoms with E-state index in [1.54, 1.807) is 0 Å². The molecule has 0 radical (unpaired) electrons. The zero-order valence-corrected chi connectivity index (χ0v) is 9.84. The Morgan fingerprint density at radius 1 is 1.25 bits per heavy atom. The summed E-state index contributed by atoms with van der Waals surface area (Å²) in [5.41, 5.74) is 0. The third-order valence-corrected chi connectivity index (χ3v) is 3.17. The fourth-order valence-corrected chi connectivity index (χ4v) is 2.01. The number of nitrogens with one attached hydrogen (secondary N) is 2. The maximum absolute atomic E-state index is 11.4.